The van der Waals surface area contributed by atoms with Crippen LogP contribution in [0.25, 0.3) is 0 Å². The number of hydrogen-bond acceptors (Lipinski definition) is 3. The highest BCUT2D eigenvalue weighted by molar-refractivity contribution is 7.12. The van der Waals surface area contributed by atoms with Gasteiger partial charge in [-0.05, 0) is 0 Å². The minimum Gasteiger partial charge on any atom is -0.478 e. The summed E-state index contributed by atoms with van der Waals surface area (Å²) in [6.45, 7) is -0.0602. The lowest BCUT2D eigenvalue weighted by Crippen LogP contribution is -2.37. The fourth-order valence-electron chi connectivity index (χ4n) is 0.591. The summed E-state index contributed by atoms with van der Waals surface area (Å²) in [5.74, 6) is -0.880. The quantitative estimate of drug-likeness (QED) is 0.659. The van der Waals surface area contributed by atoms with E-state index in [0.717, 1.165) is 0 Å². The van der Waals surface area contributed by atoms with Gasteiger partial charge >= 0.3 is 11.1 Å². The molecular weight excluding hydrogens is 188 g/mol. The van der Waals surface area contributed by atoms with Crippen LogP contribution in [0.3, 0.4) is 0 Å². The smallest absolute Gasteiger partial charge is 0.346 e. The number of anilines is 1. The lowest BCUT2D eigenvalue weighted by Gasteiger charge is -1.89. The number of thiazole rings is 1. The van der Waals surface area contributed by atoms with Gasteiger partial charge < -0.3 is 5.11 Å². The lowest BCUT2D eigenvalue weighted by atomic mass is 10.6. The Hall–Kier alpha value is -0.810. The summed E-state index contributed by atoms with van der Waals surface area (Å²) in [5.41, 5.74) is 5.41. The molecule has 0 aromatic carbocycles. The van der Waals surface area contributed by atoms with E-state index >= 15 is 0 Å². The van der Waals surface area contributed by atoms with Crippen LogP contribution in [-0.2, 0) is 11.3 Å². The van der Waals surface area contributed by atoms with E-state index in [-0.39, 0.29) is 19.0 Å². The summed E-state index contributed by atoms with van der Waals surface area (Å²) in [6, 6.07) is 0. The third-order valence-corrected chi connectivity index (χ3v) is 1.75. The Morgan fingerprint density at radius 1 is 1.82 bits per heavy atom. The Labute approximate surface area is 73.7 Å². The molecule has 0 aliphatic rings. The van der Waals surface area contributed by atoms with Gasteiger partial charge in [-0.25, -0.2) is 9.36 Å². The number of nitrogens with two attached hydrogens (primary N) is 1. The largest absolute Gasteiger partial charge is 0.478 e. The third-order valence-electron chi connectivity index (χ3n) is 1.02. The van der Waals surface area contributed by atoms with Gasteiger partial charge in [-0.2, -0.15) is 0 Å². The fraction of sp³-hybridized carbons (Fsp3) is 0.200. The molecule has 4 nitrogen and oxygen atoms in total. The van der Waals surface area contributed by atoms with Crippen molar-refractivity contribution in [3.63, 3.8) is 0 Å². The van der Waals surface area contributed by atoms with Gasteiger partial charge in [0.25, 0.3) is 0 Å². The highest BCUT2D eigenvalue weighted by Crippen LogP contribution is 2.01. The summed E-state index contributed by atoms with van der Waals surface area (Å²) in [4.78, 5) is 10.1. The van der Waals surface area contributed by atoms with Crippen LogP contribution < -0.4 is 10.3 Å². The number of rotatable bonds is 2. The normalized spacial score (nSPS) is 8.73. The van der Waals surface area contributed by atoms with Gasteiger partial charge in [-0.3, -0.25) is 5.73 Å². The van der Waals surface area contributed by atoms with Gasteiger partial charge in [0.05, 0.1) is 0 Å². The molecule has 0 unspecified atom stereocenters. The number of carbonyl (C=O) groups is 1. The van der Waals surface area contributed by atoms with Gasteiger partial charge in [0.2, 0.25) is 0 Å². The van der Waals surface area contributed by atoms with Crippen molar-refractivity contribution < 1.29 is 14.5 Å². The second kappa shape index (κ2) is 4.15. The second-order valence-corrected chi connectivity index (χ2v) is 2.69. The highest BCUT2D eigenvalue weighted by Gasteiger charge is 2.08. The average Bonchev–Trinajstić information content (AvgIpc) is 2.15. The van der Waals surface area contributed by atoms with Crippen LogP contribution in [0.15, 0.2) is 11.6 Å². The van der Waals surface area contributed by atoms with Crippen LogP contribution in [0.4, 0.5) is 5.13 Å². The first-order valence-electron chi connectivity index (χ1n) is 2.64. The minimum atomic E-state index is -0.880. The van der Waals surface area contributed by atoms with Crippen LogP contribution in [0.1, 0.15) is 0 Å². The van der Waals surface area contributed by atoms with Crippen molar-refractivity contribution in [2.24, 2.45) is 0 Å². The maximum absolute atomic E-state index is 10.1. The molecule has 0 aliphatic carbocycles. The number of nitrogens with zero attached hydrogens (tertiary/aromatic N) is 1. The van der Waals surface area contributed by atoms with Crippen molar-refractivity contribution >= 4 is 34.8 Å². The van der Waals surface area contributed by atoms with Crippen LogP contribution in [0.2, 0.25) is 0 Å². The van der Waals surface area contributed by atoms with E-state index in [4.69, 9.17) is 10.8 Å². The van der Waals surface area contributed by atoms with Crippen molar-refractivity contribution in [3.05, 3.63) is 11.6 Å². The summed E-state index contributed by atoms with van der Waals surface area (Å²) < 4.78 is 1.48. The van der Waals surface area contributed by atoms with E-state index < -0.39 is 5.97 Å². The molecular formula is C5H8ClN2O2S+. The Bertz CT molecular complexity index is 250. The zero-order chi connectivity index (χ0) is 7.56. The minimum absolute atomic E-state index is 0. The number of carboxylic acids is 1. The van der Waals surface area contributed by atoms with E-state index in [1.165, 1.54) is 15.9 Å². The number of aromatic nitrogens is 1. The van der Waals surface area contributed by atoms with Crippen molar-refractivity contribution in [1.29, 1.82) is 0 Å². The van der Waals surface area contributed by atoms with Crippen molar-refractivity contribution in [2.75, 3.05) is 5.73 Å². The average molecular weight is 196 g/mol. The summed E-state index contributed by atoms with van der Waals surface area (Å²) in [6.07, 6.45) is 1.65. The van der Waals surface area contributed by atoms with Crippen molar-refractivity contribution in [3.8, 4) is 0 Å². The van der Waals surface area contributed by atoms with E-state index in [0.29, 0.717) is 5.13 Å². The SMILES string of the molecule is Cl.Nc1scc[n+]1CC(=O)O. The van der Waals surface area contributed by atoms with E-state index in [1.807, 2.05) is 0 Å². The molecule has 62 valence electrons. The molecule has 0 amide bonds. The number of nitrogen functional groups attached to an aromatic ring is 1. The van der Waals surface area contributed by atoms with Gasteiger partial charge in [0, 0.05) is 5.38 Å². The molecule has 0 saturated carbocycles. The molecule has 1 aromatic rings. The van der Waals surface area contributed by atoms with Gasteiger partial charge in [-0.15, -0.1) is 12.4 Å². The zero-order valence-corrected chi connectivity index (χ0v) is 7.19. The predicted octanol–water partition coefficient (Wildman–Crippen LogP) is 0.124. The van der Waals surface area contributed by atoms with E-state index in [9.17, 15) is 4.79 Å². The van der Waals surface area contributed by atoms with Gasteiger partial charge in [0.15, 0.2) is 6.54 Å². The van der Waals surface area contributed by atoms with Crippen LogP contribution >= 0.6 is 23.7 Å². The van der Waals surface area contributed by atoms with Crippen LogP contribution in [0, 0.1) is 0 Å². The standard InChI is InChI=1S/C5H6N2O2S.ClH/c6-5-7(1-2-10-5)3-4(8)9;/h1-2,6H,3H2,(H,8,9);1H/p+1. The molecule has 1 rings (SSSR count). The fourth-order valence-corrected chi connectivity index (χ4v) is 1.20. The van der Waals surface area contributed by atoms with Gasteiger partial charge in [-0.1, -0.05) is 11.3 Å². The monoisotopic (exact) mass is 195 g/mol. The molecule has 0 radical (unpaired) electrons. The van der Waals surface area contributed by atoms with Crippen molar-refractivity contribution in [2.45, 2.75) is 6.54 Å². The number of hydrogen-bond donors (Lipinski definition) is 2. The Balaban J connectivity index is 0.000001000. The molecule has 11 heavy (non-hydrogen) atoms. The Morgan fingerprint density at radius 3 is 2.82 bits per heavy atom. The molecule has 0 atom stereocenters. The van der Waals surface area contributed by atoms with E-state index in [1.54, 1.807) is 11.6 Å². The van der Waals surface area contributed by atoms with Crippen LogP contribution in [0.5, 0.6) is 0 Å². The number of aliphatic carboxylic acids is 1. The third kappa shape index (κ3) is 2.73. The first-order valence-corrected chi connectivity index (χ1v) is 3.52. The highest BCUT2D eigenvalue weighted by atomic mass is 35.5. The number of halogens is 1. The molecule has 1 aromatic heterocycles. The Morgan fingerprint density at radius 2 is 2.45 bits per heavy atom. The maximum Gasteiger partial charge on any atom is 0.346 e. The Kier molecular flexibility index (Phi) is 3.84. The molecule has 3 N–H and O–H groups in total. The molecule has 6 heteroatoms. The molecule has 0 aliphatic heterocycles. The summed E-state index contributed by atoms with van der Waals surface area (Å²) >= 11 is 1.32. The van der Waals surface area contributed by atoms with Crippen LogP contribution in [-0.4, -0.2) is 11.1 Å². The van der Waals surface area contributed by atoms with E-state index in [2.05, 4.69) is 0 Å². The maximum atomic E-state index is 10.1. The lowest BCUT2D eigenvalue weighted by molar-refractivity contribution is -0.667. The predicted molar refractivity (Wildman–Crippen MR) is 43.8 cm³/mol. The molecule has 0 bridgehead atoms. The molecule has 0 saturated heterocycles. The number of carboxylic acid groups (broad SMARTS) is 1. The first kappa shape index (κ1) is 10.2. The topological polar surface area (TPSA) is 67.2 Å². The summed E-state index contributed by atoms with van der Waals surface area (Å²) in [5, 5.41) is 10.6. The van der Waals surface area contributed by atoms with Crippen molar-refractivity contribution in [1.82, 2.24) is 0 Å². The zero-order valence-electron chi connectivity index (χ0n) is 5.56. The molecule has 1 heterocycles. The molecule has 0 spiro atoms. The summed E-state index contributed by atoms with van der Waals surface area (Å²) in [7, 11) is 0. The first-order chi connectivity index (χ1) is 4.70. The molecule has 0 fully saturated rings. The van der Waals surface area contributed by atoms with Gasteiger partial charge in [0.1, 0.15) is 6.20 Å². The second-order valence-electron chi connectivity index (χ2n) is 1.76.